The van der Waals surface area contributed by atoms with Gasteiger partial charge < -0.3 is 15.4 Å². The molecule has 0 aromatic heterocycles. The van der Waals surface area contributed by atoms with Crippen molar-refractivity contribution in [3.05, 3.63) is 0 Å². The van der Waals surface area contributed by atoms with Gasteiger partial charge in [0.15, 0.2) is 0 Å². The van der Waals surface area contributed by atoms with E-state index in [4.69, 9.17) is 16.3 Å². The number of nitrogens with one attached hydrogen (secondary N) is 2. The Bertz CT molecular complexity index is 251. The third-order valence-corrected chi connectivity index (χ3v) is 1.71. The van der Waals surface area contributed by atoms with Gasteiger partial charge in [-0.25, -0.2) is 4.79 Å². The number of ether oxygens (including phenoxy) is 1. The van der Waals surface area contributed by atoms with Crippen molar-refractivity contribution in [3.63, 3.8) is 0 Å². The summed E-state index contributed by atoms with van der Waals surface area (Å²) in [6.45, 7) is 7.22. The van der Waals surface area contributed by atoms with Crippen LogP contribution in [0.3, 0.4) is 0 Å². The Morgan fingerprint density at radius 3 is 2.38 bits per heavy atom. The molecule has 0 saturated heterocycles. The number of alkyl halides is 1. The van der Waals surface area contributed by atoms with E-state index in [2.05, 4.69) is 10.6 Å². The highest BCUT2D eigenvalue weighted by Crippen LogP contribution is 2.06. The van der Waals surface area contributed by atoms with Crippen molar-refractivity contribution >= 4 is 23.6 Å². The van der Waals surface area contributed by atoms with E-state index in [1.165, 1.54) is 0 Å². The maximum absolute atomic E-state index is 11.4. The molecule has 0 heterocycles. The summed E-state index contributed by atoms with van der Waals surface area (Å²) in [5.74, 6) is 0.0526. The van der Waals surface area contributed by atoms with Crippen LogP contribution in [0.1, 0.15) is 27.7 Å². The zero-order chi connectivity index (χ0) is 12.8. The van der Waals surface area contributed by atoms with Crippen LogP contribution in [-0.4, -0.2) is 36.1 Å². The Hall–Kier alpha value is -0.970. The summed E-state index contributed by atoms with van der Waals surface area (Å²) in [7, 11) is 0. The monoisotopic (exact) mass is 250 g/mol. The SMILES string of the molecule is CC(NC(=O)OC(C)(C)C)C(=O)NCCCl. The van der Waals surface area contributed by atoms with Gasteiger partial charge in [0, 0.05) is 12.4 Å². The Morgan fingerprint density at radius 2 is 1.94 bits per heavy atom. The van der Waals surface area contributed by atoms with Crippen molar-refractivity contribution in [2.24, 2.45) is 0 Å². The number of alkyl carbamates (subject to hydrolysis) is 1. The van der Waals surface area contributed by atoms with E-state index in [0.717, 1.165) is 0 Å². The fourth-order valence-electron chi connectivity index (χ4n) is 0.873. The van der Waals surface area contributed by atoms with Crippen molar-refractivity contribution in [1.82, 2.24) is 10.6 Å². The van der Waals surface area contributed by atoms with Gasteiger partial charge in [-0.05, 0) is 27.7 Å². The van der Waals surface area contributed by atoms with E-state index in [1.54, 1.807) is 27.7 Å². The zero-order valence-corrected chi connectivity index (χ0v) is 10.9. The fraction of sp³-hybridized carbons (Fsp3) is 0.800. The highest BCUT2D eigenvalue weighted by molar-refractivity contribution is 6.18. The lowest BCUT2D eigenvalue weighted by Gasteiger charge is -2.21. The van der Waals surface area contributed by atoms with E-state index in [0.29, 0.717) is 12.4 Å². The first-order valence-electron chi connectivity index (χ1n) is 5.09. The summed E-state index contributed by atoms with van der Waals surface area (Å²) in [4.78, 5) is 22.7. The van der Waals surface area contributed by atoms with Crippen molar-refractivity contribution in [2.75, 3.05) is 12.4 Å². The average Bonchev–Trinajstić information content (AvgIpc) is 2.10. The van der Waals surface area contributed by atoms with E-state index >= 15 is 0 Å². The second kappa shape index (κ2) is 6.58. The Balaban J connectivity index is 3.99. The molecule has 0 aliphatic heterocycles. The van der Waals surface area contributed by atoms with Gasteiger partial charge in [0.05, 0.1) is 0 Å². The van der Waals surface area contributed by atoms with Crippen molar-refractivity contribution in [3.8, 4) is 0 Å². The quantitative estimate of drug-likeness (QED) is 0.738. The zero-order valence-electron chi connectivity index (χ0n) is 10.1. The molecule has 0 rings (SSSR count). The Morgan fingerprint density at radius 1 is 1.38 bits per heavy atom. The van der Waals surface area contributed by atoms with Crippen LogP contribution in [0.25, 0.3) is 0 Å². The molecule has 6 heteroatoms. The third-order valence-electron chi connectivity index (χ3n) is 1.52. The normalized spacial score (nSPS) is 12.8. The predicted octanol–water partition coefficient (Wildman–Crippen LogP) is 1.25. The van der Waals surface area contributed by atoms with Crippen LogP contribution in [0, 0.1) is 0 Å². The standard InChI is InChI=1S/C10H19ClN2O3/c1-7(8(14)12-6-5-11)13-9(15)16-10(2,3)4/h7H,5-6H2,1-4H3,(H,12,14)(H,13,15). The van der Waals surface area contributed by atoms with Crippen molar-refractivity contribution in [1.29, 1.82) is 0 Å². The lowest BCUT2D eigenvalue weighted by atomic mass is 10.2. The molecule has 0 aliphatic rings. The van der Waals surface area contributed by atoms with E-state index in [1.807, 2.05) is 0 Å². The molecule has 0 fully saturated rings. The van der Waals surface area contributed by atoms with Crippen LogP contribution < -0.4 is 10.6 Å². The van der Waals surface area contributed by atoms with E-state index in [-0.39, 0.29) is 5.91 Å². The molecule has 1 atom stereocenters. The molecular weight excluding hydrogens is 232 g/mol. The predicted molar refractivity (Wildman–Crippen MR) is 62.6 cm³/mol. The van der Waals surface area contributed by atoms with Gasteiger partial charge >= 0.3 is 6.09 Å². The summed E-state index contributed by atoms with van der Waals surface area (Å²) >= 11 is 5.42. The molecule has 0 spiro atoms. The molecule has 1 unspecified atom stereocenters. The number of carbonyl (C=O) groups excluding carboxylic acids is 2. The molecule has 94 valence electrons. The minimum atomic E-state index is -0.641. The van der Waals surface area contributed by atoms with Gasteiger partial charge in [0.1, 0.15) is 11.6 Å². The van der Waals surface area contributed by atoms with Gasteiger partial charge in [-0.1, -0.05) is 0 Å². The molecule has 0 aromatic rings. The Kier molecular flexibility index (Phi) is 6.18. The summed E-state index contributed by atoms with van der Waals surface area (Å²) < 4.78 is 5.01. The van der Waals surface area contributed by atoms with Crippen LogP contribution in [0.15, 0.2) is 0 Å². The van der Waals surface area contributed by atoms with Crippen molar-refractivity contribution < 1.29 is 14.3 Å². The smallest absolute Gasteiger partial charge is 0.408 e. The number of carbonyl (C=O) groups is 2. The minimum absolute atomic E-state index is 0.286. The van der Waals surface area contributed by atoms with Gasteiger partial charge in [-0.15, -0.1) is 11.6 Å². The average molecular weight is 251 g/mol. The molecule has 5 nitrogen and oxygen atoms in total. The largest absolute Gasteiger partial charge is 0.444 e. The molecule has 0 aliphatic carbocycles. The molecule has 0 saturated carbocycles. The first kappa shape index (κ1) is 15.0. The summed E-state index contributed by atoms with van der Waals surface area (Å²) in [5.41, 5.74) is -0.573. The molecule has 16 heavy (non-hydrogen) atoms. The fourth-order valence-corrected chi connectivity index (χ4v) is 0.968. The van der Waals surface area contributed by atoms with Crippen LogP contribution in [-0.2, 0) is 9.53 Å². The van der Waals surface area contributed by atoms with Gasteiger partial charge in [0.2, 0.25) is 5.91 Å². The first-order chi connectivity index (χ1) is 7.26. The van der Waals surface area contributed by atoms with Gasteiger partial charge in [-0.3, -0.25) is 4.79 Å². The van der Waals surface area contributed by atoms with E-state index < -0.39 is 17.7 Å². The van der Waals surface area contributed by atoms with Crippen LogP contribution in [0.4, 0.5) is 4.79 Å². The van der Waals surface area contributed by atoms with Gasteiger partial charge in [0.25, 0.3) is 0 Å². The second-order valence-electron chi connectivity index (χ2n) is 4.35. The summed E-state index contributed by atoms with van der Waals surface area (Å²) in [6.07, 6.45) is -0.610. The summed E-state index contributed by atoms with van der Waals surface area (Å²) in [5, 5.41) is 4.99. The molecule has 0 bridgehead atoms. The highest BCUT2D eigenvalue weighted by Gasteiger charge is 2.20. The molecule has 2 N–H and O–H groups in total. The topological polar surface area (TPSA) is 67.4 Å². The second-order valence-corrected chi connectivity index (χ2v) is 4.73. The van der Waals surface area contributed by atoms with Gasteiger partial charge in [-0.2, -0.15) is 0 Å². The maximum atomic E-state index is 11.4. The maximum Gasteiger partial charge on any atom is 0.408 e. The first-order valence-corrected chi connectivity index (χ1v) is 5.63. The third kappa shape index (κ3) is 7.34. The molecule has 0 aromatic carbocycles. The summed E-state index contributed by atoms with van der Waals surface area (Å²) in [6, 6.07) is -0.641. The Labute approximate surface area is 101 Å². The highest BCUT2D eigenvalue weighted by atomic mass is 35.5. The lowest BCUT2D eigenvalue weighted by molar-refractivity contribution is -0.122. The number of hydrogen-bond acceptors (Lipinski definition) is 3. The van der Waals surface area contributed by atoms with Crippen LogP contribution in [0.2, 0.25) is 0 Å². The number of halogens is 1. The molecule has 2 amide bonds. The number of amides is 2. The van der Waals surface area contributed by atoms with Crippen molar-refractivity contribution in [2.45, 2.75) is 39.3 Å². The molecule has 0 radical (unpaired) electrons. The lowest BCUT2D eigenvalue weighted by Crippen LogP contribution is -2.46. The van der Waals surface area contributed by atoms with Crippen LogP contribution in [0.5, 0.6) is 0 Å². The van der Waals surface area contributed by atoms with E-state index in [9.17, 15) is 9.59 Å². The molecular formula is C10H19ClN2O3. The van der Waals surface area contributed by atoms with Crippen LogP contribution >= 0.6 is 11.6 Å². The number of rotatable bonds is 4. The number of hydrogen-bond donors (Lipinski definition) is 2. The minimum Gasteiger partial charge on any atom is -0.444 e.